The van der Waals surface area contributed by atoms with Gasteiger partial charge in [-0.2, -0.15) is 11.6 Å². The van der Waals surface area contributed by atoms with E-state index in [1.807, 2.05) is 3.71 Å². The summed E-state index contributed by atoms with van der Waals surface area (Å²) in [6.45, 7) is 18.2. The molecule has 4 fully saturated rings. The molecule has 1 atom stereocenters. The summed E-state index contributed by atoms with van der Waals surface area (Å²) in [5.74, 6) is 3.65. The van der Waals surface area contributed by atoms with E-state index in [9.17, 15) is 4.39 Å². The maximum Gasteiger partial charge on any atom is -1.00 e. The molecule has 0 saturated heterocycles. The van der Waals surface area contributed by atoms with E-state index in [4.69, 9.17) is 0 Å². The van der Waals surface area contributed by atoms with Crippen molar-refractivity contribution in [2.45, 2.75) is 111 Å². The maximum absolute atomic E-state index is 12.2. The Hall–Kier alpha value is -1.73. The molecule has 4 saturated carbocycles. The summed E-state index contributed by atoms with van der Waals surface area (Å²) in [5, 5.41) is 5.48. The van der Waals surface area contributed by atoms with E-state index in [0.717, 1.165) is 23.3 Å². The SMILES string of the molecule is CC(C)(C)c1ccc2c(c1)[cH-]c1cc(C(C)(C)C)ccc12.CC1=[C-]C(C)C=C1CC12CC3CC(CC(C3)C1)C2.Fc1ccc([CH]=[Zr+2])cc1.[Cl-].[Cl-]. The first-order valence-corrected chi connectivity index (χ1v) is 19.7. The van der Waals surface area contributed by atoms with Gasteiger partial charge in [-0.25, -0.2) is 5.57 Å². The third-order valence-corrected chi connectivity index (χ3v) is 12.4. The molecule has 0 nitrogen and oxygen atoms in total. The van der Waals surface area contributed by atoms with Crippen molar-refractivity contribution in [3.63, 3.8) is 0 Å². The zero-order chi connectivity index (χ0) is 34.4. The van der Waals surface area contributed by atoms with E-state index in [2.05, 4.69) is 110 Å². The summed E-state index contributed by atoms with van der Waals surface area (Å²) in [6.07, 6.45) is 16.7. The Morgan fingerprint density at radius 3 is 1.62 bits per heavy atom. The van der Waals surface area contributed by atoms with Gasteiger partial charge in [-0.15, -0.1) is 39.7 Å². The van der Waals surface area contributed by atoms with Crippen LogP contribution >= 0.6 is 0 Å². The van der Waals surface area contributed by atoms with Crippen LogP contribution in [0, 0.1) is 41.0 Å². The number of hydrogen-bond acceptors (Lipinski definition) is 0. The van der Waals surface area contributed by atoms with Crippen molar-refractivity contribution >= 4 is 25.3 Å². The second-order valence-electron chi connectivity index (χ2n) is 17.8. The zero-order valence-corrected chi connectivity index (χ0v) is 35.4. The molecule has 4 aromatic carbocycles. The van der Waals surface area contributed by atoms with Crippen LogP contribution in [0.4, 0.5) is 4.39 Å². The molecule has 4 aromatic rings. The minimum atomic E-state index is -0.170. The quantitative estimate of drug-likeness (QED) is 0.202. The molecule has 0 spiro atoms. The minimum Gasteiger partial charge on any atom is -1.00 e. The van der Waals surface area contributed by atoms with Crippen molar-refractivity contribution in [2.24, 2.45) is 29.1 Å². The predicted molar refractivity (Wildman–Crippen MR) is 201 cm³/mol. The number of benzene rings is 3. The maximum atomic E-state index is 12.2. The van der Waals surface area contributed by atoms with Crippen molar-refractivity contribution in [3.05, 3.63) is 113 Å². The topological polar surface area (TPSA) is 0 Å². The van der Waals surface area contributed by atoms with E-state index in [0.29, 0.717) is 11.3 Å². The zero-order valence-electron chi connectivity index (χ0n) is 31.4. The van der Waals surface area contributed by atoms with Gasteiger partial charge in [0.1, 0.15) is 0 Å². The Morgan fingerprint density at radius 2 is 1.24 bits per heavy atom. The molecule has 9 rings (SSSR count). The summed E-state index contributed by atoms with van der Waals surface area (Å²) in [7, 11) is 0. The Kier molecular flexibility index (Phi) is 13.2. The van der Waals surface area contributed by atoms with Crippen LogP contribution in [0.2, 0.25) is 0 Å². The van der Waals surface area contributed by atoms with E-state index < -0.39 is 0 Å². The van der Waals surface area contributed by atoms with Gasteiger partial charge in [0.15, 0.2) is 0 Å². The molecule has 0 amide bonds. The van der Waals surface area contributed by atoms with Crippen molar-refractivity contribution in [1.82, 2.24) is 0 Å². The number of halogens is 3. The third-order valence-electron chi connectivity index (χ3n) is 11.6. The van der Waals surface area contributed by atoms with Gasteiger partial charge in [0.2, 0.25) is 0 Å². The fourth-order valence-corrected chi connectivity index (χ4v) is 9.99. The number of allylic oxidation sites excluding steroid dienone is 4. The second-order valence-corrected chi connectivity index (χ2v) is 18.5. The Balaban J connectivity index is 0.000000177. The van der Waals surface area contributed by atoms with Gasteiger partial charge >= 0.3 is 68.0 Å². The summed E-state index contributed by atoms with van der Waals surface area (Å²) >= 11 is 1.34. The van der Waals surface area contributed by atoms with Crippen LogP contribution in [0.25, 0.3) is 21.5 Å². The van der Waals surface area contributed by atoms with Crippen LogP contribution < -0.4 is 24.8 Å². The van der Waals surface area contributed by atoms with Gasteiger partial charge in [-0.05, 0) is 72.5 Å². The first-order valence-electron chi connectivity index (χ1n) is 18.3. The van der Waals surface area contributed by atoms with Gasteiger partial charge in [0, 0.05) is 0 Å². The molecule has 4 heteroatoms. The summed E-state index contributed by atoms with van der Waals surface area (Å²) in [5.41, 5.74) is 8.11. The Bertz CT molecular complexity index is 1740. The van der Waals surface area contributed by atoms with Gasteiger partial charge in [-0.1, -0.05) is 103 Å². The van der Waals surface area contributed by atoms with Gasteiger partial charge in [0.05, 0.1) is 0 Å². The van der Waals surface area contributed by atoms with Gasteiger partial charge in [-0.3, -0.25) is 6.08 Å². The van der Waals surface area contributed by atoms with E-state index in [1.54, 1.807) is 56.2 Å². The van der Waals surface area contributed by atoms with Crippen molar-refractivity contribution in [1.29, 1.82) is 0 Å². The van der Waals surface area contributed by atoms with Crippen LogP contribution in [-0.4, -0.2) is 3.71 Å². The fourth-order valence-electron chi connectivity index (χ4n) is 9.52. The molecule has 0 N–H and O–H groups in total. The van der Waals surface area contributed by atoms with E-state index >= 15 is 0 Å². The summed E-state index contributed by atoms with van der Waals surface area (Å²) < 4.78 is 14.2. The van der Waals surface area contributed by atoms with Crippen molar-refractivity contribution in [3.8, 4) is 0 Å². The predicted octanol–water partition coefficient (Wildman–Crippen LogP) is 6.76. The van der Waals surface area contributed by atoms with Crippen LogP contribution in [0.5, 0.6) is 0 Å². The Labute approximate surface area is 329 Å². The first kappa shape index (κ1) is 41.0. The number of rotatable bonds is 3. The second kappa shape index (κ2) is 16.1. The monoisotopic (exact) mass is 786 g/mol. The van der Waals surface area contributed by atoms with Crippen molar-refractivity contribution < 1.29 is 53.4 Å². The fraction of sp³-hybridized carbons (Fsp3) is 0.478. The molecule has 1 unspecified atom stereocenters. The van der Waals surface area contributed by atoms with Crippen LogP contribution in [0.3, 0.4) is 0 Å². The smallest absolute Gasteiger partial charge is 1.00 e. The number of hydrogen-bond donors (Lipinski definition) is 0. The average molecular weight is 789 g/mol. The number of fused-ring (bicyclic) bond motifs is 3. The standard InChI is InChI=1S/C21H25.C18H25.C7H5F.2ClH.Zr/c1-20(2,3)16-7-9-18-14(12-16)11-15-13-17(21(4,5)6)8-10-19(15)18;1-12-3-13(2)17(4-12)11-18-8-14-5-15(9-18)7-16(6-14)10-18;1-6-2-4-7(8)5-3-6;;;/h7-13H,1-6H3;4,12,14-16H,5-11H2,1-2H3;1-5H;2*1H;/q2*-1;;;;+2/p-2. The third kappa shape index (κ3) is 9.43. The molecule has 0 aromatic heterocycles. The molecule has 5 aliphatic rings. The Morgan fingerprint density at radius 1 is 0.780 bits per heavy atom. The summed E-state index contributed by atoms with van der Waals surface area (Å²) in [4.78, 5) is 0. The molecule has 0 heterocycles. The molecule has 0 aliphatic heterocycles. The normalized spacial score (nSPS) is 25.0. The molecule has 4 bridgehead atoms. The molecule has 5 aliphatic carbocycles. The van der Waals surface area contributed by atoms with Crippen LogP contribution in [0.1, 0.15) is 117 Å². The molecular weight excluding hydrogens is 734 g/mol. The van der Waals surface area contributed by atoms with Gasteiger partial charge in [0.25, 0.3) is 0 Å². The first-order chi connectivity index (χ1) is 22.6. The largest absolute Gasteiger partial charge is 1.00 e. The molecule has 0 radical (unpaired) electrons. The molecule has 50 heavy (non-hydrogen) atoms. The molecule has 266 valence electrons. The van der Waals surface area contributed by atoms with Gasteiger partial charge < -0.3 is 24.8 Å². The van der Waals surface area contributed by atoms with Crippen molar-refractivity contribution in [2.75, 3.05) is 0 Å². The molecular formula is C46H55Cl2FZr-2. The van der Waals surface area contributed by atoms with E-state index in [-0.39, 0.29) is 41.5 Å². The summed E-state index contributed by atoms with van der Waals surface area (Å²) in [6, 6.07) is 22.6. The van der Waals surface area contributed by atoms with Crippen LogP contribution in [0.15, 0.2) is 84.0 Å². The minimum absolute atomic E-state index is 0. The van der Waals surface area contributed by atoms with Crippen LogP contribution in [-0.2, 0) is 35.1 Å². The van der Waals surface area contributed by atoms with E-state index in [1.165, 1.54) is 81.0 Å². The average Bonchev–Trinajstić information content (AvgIpc) is 3.53.